The number of benzene rings is 1. The summed E-state index contributed by atoms with van der Waals surface area (Å²) in [6.45, 7) is 2.89. The first kappa shape index (κ1) is 16.9. The molecule has 0 spiro atoms. The predicted octanol–water partition coefficient (Wildman–Crippen LogP) is 1.54. The SMILES string of the molecule is CCCOc1ccc(C(N)CS(=O)(=O)CCOC)cc1. The van der Waals surface area contributed by atoms with Crippen molar-refractivity contribution < 1.29 is 17.9 Å². The minimum absolute atomic E-state index is 0.00506. The zero-order chi connectivity index (χ0) is 15.0. The maximum atomic E-state index is 11.8. The maximum absolute atomic E-state index is 11.8. The van der Waals surface area contributed by atoms with E-state index in [1.54, 1.807) is 0 Å². The Morgan fingerprint density at radius 3 is 2.40 bits per heavy atom. The second-order valence-corrected chi connectivity index (χ2v) is 6.86. The van der Waals surface area contributed by atoms with Crippen molar-refractivity contribution in [3.05, 3.63) is 29.8 Å². The van der Waals surface area contributed by atoms with Gasteiger partial charge in [-0.1, -0.05) is 19.1 Å². The normalized spacial score (nSPS) is 13.2. The predicted molar refractivity (Wildman–Crippen MR) is 79.7 cm³/mol. The van der Waals surface area contributed by atoms with Gasteiger partial charge in [0, 0.05) is 13.2 Å². The highest BCUT2D eigenvalue weighted by atomic mass is 32.2. The lowest BCUT2D eigenvalue weighted by Gasteiger charge is -2.13. The molecule has 0 aliphatic carbocycles. The Morgan fingerprint density at radius 1 is 1.20 bits per heavy atom. The molecule has 0 amide bonds. The van der Waals surface area contributed by atoms with Gasteiger partial charge in [-0.25, -0.2) is 8.42 Å². The molecule has 0 fully saturated rings. The molecule has 0 radical (unpaired) electrons. The molecule has 6 heteroatoms. The van der Waals surface area contributed by atoms with Crippen LogP contribution in [0.5, 0.6) is 5.75 Å². The molecule has 2 N–H and O–H groups in total. The number of sulfone groups is 1. The van der Waals surface area contributed by atoms with E-state index in [4.69, 9.17) is 15.2 Å². The van der Waals surface area contributed by atoms with Crippen molar-refractivity contribution in [1.29, 1.82) is 0 Å². The third kappa shape index (κ3) is 5.90. The van der Waals surface area contributed by atoms with Gasteiger partial charge < -0.3 is 15.2 Å². The molecular formula is C14H23NO4S. The van der Waals surface area contributed by atoms with Crippen molar-refractivity contribution in [1.82, 2.24) is 0 Å². The molecule has 0 heterocycles. The zero-order valence-corrected chi connectivity index (χ0v) is 12.9. The van der Waals surface area contributed by atoms with Gasteiger partial charge in [0.2, 0.25) is 0 Å². The molecule has 0 aliphatic heterocycles. The lowest BCUT2D eigenvalue weighted by atomic mass is 10.1. The van der Waals surface area contributed by atoms with Crippen LogP contribution in [-0.4, -0.2) is 40.2 Å². The third-order valence-electron chi connectivity index (χ3n) is 2.81. The van der Waals surface area contributed by atoms with Gasteiger partial charge in [-0.3, -0.25) is 0 Å². The van der Waals surface area contributed by atoms with Crippen LogP contribution in [0.3, 0.4) is 0 Å². The monoisotopic (exact) mass is 301 g/mol. The highest BCUT2D eigenvalue weighted by Gasteiger charge is 2.17. The van der Waals surface area contributed by atoms with E-state index < -0.39 is 15.9 Å². The fourth-order valence-electron chi connectivity index (χ4n) is 1.69. The summed E-state index contributed by atoms with van der Waals surface area (Å²) >= 11 is 0. The molecular weight excluding hydrogens is 278 g/mol. The maximum Gasteiger partial charge on any atom is 0.154 e. The Bertz CT molecular complexity index is 484. The number of ether oxygens (including phenoxy) is 2. The van der Waals surface area contributed by atoms with Crippen molar-refractivity contribution >= 4 is 9.84 Å². The molecule has 0 saturated carbocycles. The summed E-state index contributed by atoms with van der Waals surface area (Å²) < 4.78 is 33.8. The minimum atomic E-state index is -3.20. The second-order valence-electron chi connectivity index (χ2n) is 4.63. The molecule has 0 saturated heterocycles. The van der Waals surface area contributed by atoms with Gasteiger partial charge in [0.05, 0.1) is 24.7 Å². The zero-order valence-electron chi connectivity index (χ0n) is 12.0. The van der Waals surface area contributed by atoms with Crippen LogP contribution in [0.25, 0.3) is 0 Å². The van der Waals surface area contributed by atoms with Gasteiger partial charge >= 0.3 is 0 Å². The van der Waals surface area contributed by atoms with E-state index in [1.165, 1.54) is 7.11 Å². The summed E-state index contributed by atoms with van der Waals surface area (Å²) in [4.78, 5) is 0. The smallest absolute Gasteiger partial charge is 0.154 e. The lowest BCUT2D eigenvalue weighted by molar-refractivity contribution is 0.217. The van der Waals surface area contributed by atoms with Crippen molar-refractivity contribution in [2.45, 2.75) is 19.4 Å². The highest BCUT2D eigenvalue weighted by molar-refractivity contribution is 7.91. The molecule has 20 heavy (non-hydrogen) atoms. The van der Waals surface area contributed by atoms with E-state index in [-0.39, 0.29) is 18.1 Å². The summed E-state index contributed by atoms with van der Waals surface area (Å²) in [6.07, 6.45) is 0.943. The van der Waals surface area contributed by atoms with Crippen LogP contribution in [-0.2, 0) is 14.6 Å². The molecule has 1 aromatic rings. The fraction of sp³-hybridized carbons (Fsp3) is 0.571. The summed E-state index contributed by atoms with van der Waals surface area (Å²) in [5.41, 5.74) is 6.73. The number of hydrogen-bond acceptors (Lipinski definition) is 5. The van der Waals surface area contributed by atoms with Gasteiger partial charge in [0.1, 0.15) is 5.75 Å². The van der Waals surface area contributed by atoms with E-state index in [0.29, 0.717) is 6.61 Å². The second kappa shape index (κ2) is 8.24. The van der Waals surface area contributed by atoms with Crippen LogP contribution in [0.1, 0.15) is 24.9 Å². The van der Waals surface area contributed by atoms with Crippen LogP contribution >= 0.6 is 0 Å². The van der Waals surface area contributed by atoms with Gasteiger partial charge in [-0.15, -0.1) is 0 Å². The number of methoxy groups -OCH3 is 1. The Labute approximate surface area is 121 Å². The first-order valence-corrected chi connectivity index (χ1v) is 8.48. The first-order valence-electron chi connectivity index (χ1n) is 6.66. The third-order valence-corrected chi connectivity index (χ3v) is 4.47. The Balaban J connectivity index is 2.61. The summed E-state index contributed by atoms with van der Waals surface area (Å²) in [7, 11) is -1.72. The minimum Gasteiger partial charge on any atom is -0.494 e. The number of rotatable bonds is 9. The van der Waals surface area contributed by atoms with Crippen LogP contribution in [0.2, 0.25) is 0 Å². The van der Waals surface area contributed by atoms with E-state index in [9.17, 15) is 8.42 Å². The quantitative estimate of drug-likeness (QED) is 0.748. The fourth-order valence-corrected chi connectivity index (χ4v) is 3.02. The Kier molecular flexibility index (Phi) is 6.98. The molecule has 0 bridgehead atoms. The standard InChI is InChI=1S/C14H23NO4S/c1-3-8-19-13-6-4-12(5-7-13)14(15)11-20(16,17)10-9-18-2/h4-7,14H,3,8-11,15H2,1-2H3. The van der Waals surface area contributed by atoms with Gasteiger partial charge in [0.25, 0.3) is 0 Å². The van der Waals surface area contributed by atoms with Crippen molar-refractivity contribution in [3.8, 4) is 5.75 Å². The van der Waals surface area contributed by atoms with E-state index in [1.807, 2.05) is 31.2 Å². The first-order chi connectivity index (χ1) is 9.48. The van der Waals surface area contributed by atoms with Crippen molar-refractivity contribution in [3.63, 3.8) is 0 Å². The van der Waals surface area contributed by atoms with Gasteiger partial charge in [0.15, 0.2) is 9.84 Å². The van der Waals surface area contributed by atoms with Crippen molar-refractivity contribution in [2.24, 2.45) is 5.73 Å². The van der Waals surface area contributed by atoms with Crippen molar-refractivity contribution in [2.75, 3.05) is 31.8 Å². The average Bonchev–Trinajstić information content (AvgIpc) is 2.43. The largest absolute Gasteiger partial charge is 0.494 e. The number of nitrogens with two attached hydrogens (primary N) is 1. The summed E-state index contributed by atoms with van der Waals surface area (Å²) in [6, 6.07) is 6.71. The van der Waals surface area contributed by atoms with E-state index in [2.05, 4.69) is 0 Å². The van der Waals surface area contributed by atoms with E-state index in [0.717, 1.165) is 17.7 Å². The molecule has 1 aromatic carbocycles. The number of hydrogen-bond donors (Lipinski definition) is 1. The van der Waals surface area contributed by atoms with Gasteiger partial charge in [-0.2, -0.15) is 0 Å². The van der Waals surface area contributed by atoms with Crippen LogP contribution in [0, 0.1) is 0 Å². The topological polar surface area (TPSA) is 78.6 Å². The lowest BCUT2D eigenvalue weighted by Crippen LogP contribution is -2.25. The average molecular weight is 301 g/mol. The van der Waals surface area contributed by atoms with Crippen LogP contribution < -0.4 is 10.5 Å². The van der Waals surface area contributed by atoms with Gasteiger partial charge in [-0.05, 0) is 24.1 Å². The molecule has 1 atom stereocenters. The molecule has 5 nitrogen and oxygen atoms in total. The molecule has 1 unspecified atom stereocenters. The molecule has 0 aromatic heterocycles. The van der Waals surface area contributed by atoms with E-state index >= 15 is 0 Å². The van der Waals surface area contributed by atoms with Crippen LogP contribution in [0.4, 0.5) is 0 Å². The summed E-state index contributed by atoms with van der Waals surface area (Å²) in [5.74, 6) is 0.686. The Morgan fingerprint density at radius 2 is 1.85 bits per heavy atom. The summed E-state index contributed by atoms with van der Waals surface area (Å²) in [5, 5.41) is 0. The molecule has 0 aliphatic rings. The molecule has 114 valence electrons. The molecule has 1 rings (SSSR count). The van der Waals surface area contributed by atoms with Crippen LogP contribution in [0.15, 0.2) is 24.3 Å². The highest BCUT2D eigenvalue weighted by Crippen LogP contribution is 2.18. The Hall–Kier alpha value is -1.11.